The molecule has 2 aromatic rings. The Kier molecular flexibility index (Phi) is 5.44. The molecule has 1 aliphatic heterocycles. The molecule has 1 N–H and O–H groups in total. The van der Waals surface area contributed by atoms with Crippen LogP contribution in [0.4, 0.5) is 0 Å². The maximum Gasteiger partial charge on any atom is 0.261 e. The predicted octanol–water partition coefficient (Wildman–Crippen LogP) is 2.71. The highest BCUT2D eigenvalue weighted by Gasteiger charge is 2.50. The molecule has 3 nitrogen and oxygen atoms in total. The van der Waals surface area contributed by atoms with Gasteiger partial charge in [-0.1, -0.05) is 81.4 Å². The van der Waals surface area contributed by atoms with Crippen LogP contribution in [0.2, 0.25) is 5.04 Å². The maximum atomic E-state index is 10.1. The topological polar surface area (TPSA) is 42.0 Å². The number of rotatable bonds is 7. The van der Waals surface area contributed by atoms with Gasteiger partial charge in [0.15, 0.2) is 0 Å². The Morgan fingerprint density at radius 1 is 1.04 bits per heavy atom. The standard InChI is InChI=1S/C21H28O3Si/c1-21(2,3)25(17-10-6-4-7-11-17,18-12-8-5-9-13-18)24-15-14-19(22)20-16-23-20/h4-13,19-20,22H,14-16H2,1-3H3/t19-,20+/m1/s1. The average molecular weight is 357 g/mol. The molecule has 134 valence electrons. The third kappa shape index (κ3) is 3.87. The van der Waals surface area contributed by atoms with Gasteiger partial charge in [0.2, 0.25) is 0 Å². The Bertz CT molecular complexity index is 623. The quantitative estimate of drug-likeness (QED) is 0.613. The number of hydrogen-bond acceptors (Lipinski definition) is 3. The van der Waals surface area contributed by atoms with E-state index in [1.807, 2.05) is 12.1 Å². The van der Waals surface area contributed by atoms with Crippen molar-refractivity contribution >= 4 is 18.7 Å². The van der Waals surface area contributed by atoms with Crippen molar-refractivity contribution < 1.29 is 14.3 Å². The first kappa shape index (κ1) is 18.3. The summed E-state index contributed by atoms with van der Waals surface area (Å²) >= 11 is 0. The molecule has 1 saturated heterocycles. The third-order valence-corrected chi connectivity index (χ3v) is 9.98. The molecule has 0 aliphatic carbocycles. The summed E-state index contributed by atoms with van der Waals surface area (Å²) in [5.74, 6) is 0. The fourth-order valence-corrected chi connectivity index (χ4v) is 8.14. The minimum absolute atomic E-state index is 0.00255. The second-order valence-electron chi connectivity index (χ2n) is 7.74. The van der Waals surface area contributed by atoms with E-state index in [0.717, 1.165) is 0 Å². The van der Waals surface area contributed by atoms with Crippen molar-refractivity contribution in [2.24, 2.45) is 0 Å². The van der Waals surface area contributed by atoms with Gasteiger partial charge in [0, 0.05) is 6.61 Å². The first-order valence-electron chi connectivity index (χ1n) is 9.00. The highest BCUT2D eigenvalue weighted by atomic mass is 28.4. The van der Waals surface area contributed by atoms with Gasteiger partial charge in [-0.05, 0) is 21.8 Å². The second kappa shape index (κ2) is 7.42. The van der Waals surface area contributed by atoms with Crippen molar-refractivity contribution in [2.75, 3.05) is 13.2 Å². The van der Waals surface area contributed by atoms with Crippen LogP contribution in [0.1, 0.15) is 27.2 Å². The summed E-state index contributed by atoms with van der Waals surface area (Å²) in [4.78, 5) is 0. The summed E-state index contributed by atoms with van der Waals surface area (Å²) in [5, 5.41) is 12.6. The van der Waals surface area contributed by atoms with Crippen LogP contribution in [-0.4, -0.2) is 38.8 Å². The van der Waals surface area contributed by atoms with E-state index >= 15 is 0 Å². The van der Waals surface area contributed by atoms with Gasteiger partial charge in [-0.15, -0.1) is 0 Å². The van der Waals surface area contributed by atoms with Crippen molar-refractivity contribution in [3.05, 3.63) is 60.7 Å². The zero-order valence-corrected chi connectivity index (χ0v) is 16.3. The lowest BCUT2D eigenvalue weighted by molar-refractivity contribution is 0.106. The highest BCUT2D eigenvalue weighted by Crippen LogP contribution is 2.36. The fourth-order valence-electron chi connectivity index (χ4n) is 3.56. The molecule has 4 heteroatoms. The second-order valence-corrected chi connectivity index (χ2v) is 12.0. The Morgan fingerprint density at radius 2 is 1.52 bits per heavy atom. The van der Waals surface area contributed by atoms with Crippen LogP contribution < -0.4 is 10.4 Å². The largest absolute Gasteiger partial charge is 0.407 e. The van der Waals surface area contributed by atoms with E-state index in [1.165, 1.54) is 10.4 Å². The average Bonchev–Trinajstić information content (AvgIpc) is 3.44. The smallest absolute Gasteiger partial charge is 0.261 e. The van der Waals surface area contributed by atoms with Gasteiger partial charge < -0.3 is 14.3 Å². The molecule has 0 radical (unpaired) electrons. The summed E-state index contributed by atoms with van der Waals surface area (Å²) in [6, 6.07) is 21.2. The lowest BCUT2D eigenvalue weighted by Gasteiger charge is -2.43. The van der Waals surface area contributed by atoms with Crippen LogP contribution in [0.3, 0.4) is 0 Å². The molecule has 0 unspecified atom stereocenters. The highest BCUT2D eigenvalue weighted by molar-refractivity contribution is 6.99. The molecule has 1 heterocycles. The summed E-state index contributed by atoms with van der Waals surface area (Å²) in [5.41, 5.74) is 0. The minimum atomic E-state index is -2.48. The van der Waals surface area contributed by atoms with Gasteiger partial charge in [0.25, 0.3) is 8.32 Å². The SMILES string of the molecule is CC(C)(C)[Si](OCC[C@@H](O)[C@@H]1CO1)(c1ccccc1)c1ccccc1. The van der Waals surface area contributed by atoms with Gasteiger partial charge in [0.05, 0.1) is 12.7 Å². The van der Waals surface area contributed by atoms with Crippen molar-refractivity contribution in [1.82, 2.24) is 0 Å². The van der Waals surface area contributed by atoms with Gasteiger partial charge >= 0.3 is 0 Å². The lowest BCUT2D eigenvalue weighted by atomic mass is 10.2. The number of aliphatic hydroxyl groups is 1. The predicted molar refractivity (Wildman–Crippen MR) is 104 cm³/mol. The van der Waals surface area contributed by atoms with E-state index in [-0.39, 0.29) is 11.1 Å². The molecule has 0 amide bonds. The van der Waals surface area contributed by atoms with Crippen LogP contribution in [-0.2, 0) is 9.16 Å². The zero-order valence-electron chi connectivity index (χ0n) is 15.3. The summed E-state index contributed by atoms with van der Waals surface area (Å²) in [7, 11) is -2.48. The van der Waals surface area contributed by atoms with Crippen LogP contribution in [0.5, 0.6) is 0 Å². The van der Waals surface area contributed by atoms with Crippen LogP contribution in [0, 0.1) is 0 Å². The summed E-state index contributed by atoms with van der Waals surface area (Å²) in [6.07, 6.45) is 0.177. The fraction of sp³-hybridized carbons (Fsp3) is 0.429. The normalized spacial score (nSPS) is 18.8. The van der Waals surface area contributed by atoms with E-state index in [0.29, 0.717) is 19.6 Å². The number of benzene rings is 2. The molecule has 25 heavy (non-hydrogen) atoms. The van der Waals surface area contributed by atoms with Gasteiger partial charge in [-0.25, -0.2) is 0 Å². The Hall–Kier alpha value is -1.46. The van der Waals surface area contributed by atoms with Crippen LogP contribution in [0.25, 0.3) is 0 Å². The van der Waals surface area contributed by atoms with E-state index in [4.69, 9.17) is 9.16 Å². The summed E-state index contributed by atoms with van der Waals surface area (Å²) in [6.45, 7) is 7.99. The van der Waals surface area contributed by atoms with Gasteiger partial charge in [-0.3, -0.25) is 0 Å². The molecule has 1 fully saturated rings. The lowest BCUT2D eigenvalue weighted by Crippen LogP contribution is -2.66. The molecular weight excluding hydrogens is 328 g/mol. The Labute approximate surface area is 151 Å². The monoisotopic (exact) mass is 356 g/mol. The molecule has 2 atom stereocenters. The number of epoxide rings is 1. The van der Waals surface area contributed by atoms with E-state index in [2.05, 4.69) is 69.3 Å². The molecule has 3 rings (SSSR count). The molecule has 1 aliphatic rings. The molecular formula is C21H28O3Si. The van der Waals surface area contributed by atoms with E-state index < -0.39 is 14.4 Å². The van der Waals surface area contributed by atoms with Crippen LogP contribution in [0.15, 0.2) is 60.7 Å². The van der Waals surface area contributed by atoms with Gasteiger partial charge in [-0.2, -0.15) is 0 Å². The summed E-state index contributed by atoms with van der Waals surface area (Å²) < 4.78 is 11.9. The van der Waals surface area contributed by atoms with Crippen LogP contribution >= 0.6 is 0 Å². The number of ether oxygens (including phenoxy) is 1. The van der Waals surface area contributed by atoms with Crippen molar-refractivity contribution in [3.63, 3.8) is 0 Å². The Balaban J connectivity index is 1.96. The molecule has 0 bridgehead atoms. The first-order valence-corrected chi connectivity index (χ1v) is 10.9. The first-order chi connectivity index (χ1) is 11.9. The van der Waals surface area contributed by atoms with Gasteiger partial charge in [0.1, 0.15) is 6.10 Å². The maximum absolute atomic E-state index is 10.1. The molecule has 0 spiro atoms. The Morgan fingerprint density at radius 3 is 1.92 bits per heavy atom. The van der Waals surface area contributed by atoms with Crippen molar-refractivity contribution in [3.8, 4) is 0 Å². The third-order valence-electron chi connectivity index (χ3n) is 4.94. The zero-order chi connectivity index (χ0) is 17.9. The van der Waals surface area contributed by atoms with E-state index in [1.54, 1.807) is 0 Å². The molecule has 0 saturated carbocycles. The number of hydrogen-bond donors (Lipinski definition) is 1. The van der Waals surface area contributed by atoms with Crippen molar-refractivity contribution in [2.45, 2.75) is 44.4 Å². The molecule has 2 aromatic carbocycles. The molecule has 0 aromatic heterocycles. The van der Waals surface area contributed by atoms with Crippen molar-refractivity contribution in [1.29, 1.82) is 0 Å². The minimum Gasteiger partial charge on any atom is -0.407 e. The number of aliphatic hydroxyl groups excluding tert-OH is 1. The van der Waals surface area contributed by atoms with E-state index in [9.17, 15) is 5.11 Å².